The quantitative estimate of drug-likeness (QED) is 0.558. The maximum atomic E-state index is 13.5. The molecule has 7 rings (SSSR count). The van der Waals surface area contributed by atoms with Crippen molar-refractivity contribution in [2.75, 3.05) is 0 Å². The molecule has 5 heteroatoms. The molecule has 0 radical (unpaired) electrons. The Kier molecular flexibility index (Phi) is 4.34. The van der Waals surface area contributed by atoms with Crippen LogP contribution in [0.1, 0.15) is 76.7 Å². The highest BCUT2D eigenvalue weighted by atomic mass is 16.6. The van der Waals surface area contributed by atoms with Gasteiger partial charge in [-0.15, -0.1) is 0 Å². The third-order valence-electron chi connectivity index (χ3n) is 9.15. The van der Waals surface area contributed by atoms with Gasteiger partial charge in [0, 0.05) is 18.1 Å². The Morgan fingerprint density at radius 3 is 2.45 bits per heavy atom. The summed E-state index contributed by atoms with van der Waals surface area (Å²) in [5, 5.41) is 6.60. The highest BCUT2D eigenvalue weighted by Gasteiger charge is 2.65. The molecule has 4 aliphatic carbocycles. The Balaban J connectivity index is 1.20. The van der Waals surface area contributed by atoms with Crippen LogP contribution in [-0.4, -0.2) is 30.2 Å². The van der Waals surface area contributed by atoms with Gasteiger partial charge in [0.05, 0.1) is 5.41 Å². The summed E-state index contributed by atoms with van der Waals surface area (Å²) in [6.07, 6.45) is 9.74. The first-order valence-electron chi connectivity index (χ1n) is 12.2. The van der Waals surface area contributed by atoms with Crippen LogP contribution in [-0.2, 0) is 14.9 Å². The van der Waals surface area contributed by atoms with E-state index in [2.05, 4.69) is 47.9 Å². The molecular weight excluding hydrogens is 388 g/mol. The number of alkyl carbamates (subject to hydrolysis) is 1. The van der Waals surface area contributed by atoms with Crippen molar-refractivity contribution in [3.63, 3.8) is 0 Å². The first-order valence-corrected chi connectivity index (χ1v) is 12.2. The third kappa shape index (κ3) is 3.31. The molecule has 5 nitrogen and oxygen atoms in total. The van der Waals surface area contributed by atoms with Crippen LogP contribution in [0.3, 0.4) is 0 Å². The number of benzene rings is 1. The number of nitrogens with one attached hydrogen (secondary N) is 2. The summed E-state index contributed by atoms with van der Waals surface area (Å²) in [6.45, 7) is 2.35. The topological polar surface area (TPSA) is 67.4 Å². The number of esters is 1. The van der Waals surface area contributed by atoms with Gasteiger partial charge in [0.1, 0.15) is 0 Å². The average Bonchev–Trinajstić information content (AvgIpc) is 3.05. The Hall–Kier alpha value is -1.88. The summed E-state index contributed by atoms with van der Waals surface area (Å²) in [6, 6.07) is 11.8. The number of piperidine rings is 1. The van der Waals surface area contributed by atoms with E-state index in [4.69, 9.17) is 4.74 Å². The average molecular weight is 423 g/mol. The standard InChI is InChI=1S/C26H34N2O3/c1-24-11-17-12-25(14-24,18-5-3-2-4-6-18)16-26(13-17,15-24)22(29)31-23(30)28-21-9-19-7-8-20(10-21)27-19/h2-6,17,19-21,27H,7-16H2,1H3,(H,28,30). The van der Waals surface area contributed by atoms with Crippen LogP contribution in [0.2, 0.25) is 0 Å². The molecule has 2 heterocycles. The first kappa shape index (κ1) is 19.8. The van der Waals surface area contributed by atoms with Gasteiger partial charge in [-0.1, -0.05) is 37.3 Å². The number of amides is 1. The van der Waals surface area contributed by atoms with Crippen molar-refractivity contribution in [2.24, 2.45) is 16.7 Å². The van der Waals surface area contributed by atoms with E-state index in [0.717, 1.165) is 44.9 Å². The molecule has 0 aromatic heterocycles. The molecule has 166 valence electrons. The van der Waals surface area contributed by atoms with Crippen molar-refractivity contribution in [3.05, 3.63) is 35.9 Å². The van der Waals surface area contributed by atoms with Gasteiger partial charge in [-0.25, -0.2) is 4.79 Å². The predicted molar refractivity (Wildman–Crippen MR) is 117 cm³/mol. The molecule has 1 amide bonds. The van der Waals surface area contributed by atoms with Gasteiger partial charge in [0.15, 0.2) is 0 Å². The molecule has 6 unspecified atom stereocenters. The first-order chi connectivity index (χ1) is 14.9. The SMILES string of the molecule is CC12CC3CC(C(=O)OC(=O)NC4CC5CCC(C4)N5)(C1)CC(c1ccccc1)(C3)C2. The largest absolute Gasteiger partial charge is 0.415 e. The molecule has 6 atom stereocenters. The van der Waals surface area contributed by atoms with E-state index in [1.807, 2.05) is 0 Å². The fraction of sp³-hybridized carbons (Fsp3) is 0.692. The number of hydrogen-bond acceptors (Lipinski definition) is 4. The van der Waals surface area contributed by atoms with Gasteiger partial charge >= 0.3 is 12.1 Å². The summed E-state index contributed by atoms with van der Waals surface area (Å²) in [5.74, 6) is 0.259. The lowest BCUT2D eigenvalue weighted by atomic mass is 9.39. The van der Waals surface area contributed by atoms with E-state index in [-0.39, 0.29) is 22.8 Å². The van der Waals surface area contributed by atoms with E-state index in [1.165, 1.54) is 24.8 Å². The van der Waals surface area contributed by atoms with E-state index in [9.17, 15) is 9.59 Å². The summed E-state index contributed by atoms with van der Waals surface area (Å²) < 4.78 is 5.55. The number of rotatable bonds is 3. The van der Waals surface area contributed by atoms with E-state index < -0.39 is 11.5 Å². The van der Waals surface area contributed by atoms with Crippen molar-refractivity contribution < 1.29 is 14.3 Å². The molecule has 1 aromatic rings. The van der Waals surface area contributed by atoms with Crippen LogP contribution in [0.5, 0.6) is 0 Å². The molecule has 31 heavy (non-hydrogen) atoms. The maximum Gasteiger partial charge on any atom is 0.415 e. The number of ether oxygens (including phenoxy) is 1. The Bertz CT molecular complexity index is 891. The molecule has 6 fully saturated rings. The highest BCUT2D eigenvalue weighted by molar-refractivity contribution is 5.89. The van der Waals surface area contributed by atoms with Gasteiger partial charge in [0.2, 0.25) is 0 Å². The zero-order chi connectivity index (χ0) is 21.3. The fourth-order valence-corrected chi connectivity index (χ4v) is 8.83. The van der Waals surface area contributed by atoms with Gasteiger partial charge in [0.25, 0.3) is 0 Å². The number of carbonyl (C=O) groups excluding carboxylic acids is 2. The Morgan fingerprint density at radius 2 is 1.74 bits per heavy atom. The predicted octanol–water partition coefficient (Wildman–Crippen LogP) is 4.45. The second-order valence-electron chi connectivity index (χ2n) is 11.9. The minimum absolute atomic E-state index is 0.0408. The van der Waals surface area contributed by atoms with Crippen LogP contribution in [0, 0.1) is 16.7 Å². The second-order valence-corrected chi connectivity index (χ2v) is 11.9. The molecule has 2 aliphatic heterocycles. The molecule has 0 spiro atoms. The lowest BCUT2D eigenvalue weighted by Gasteiger charge is -2.65. The van der Waals surface area contributed by atoms with E-state index >= 15 is 0 Å². The summed E-state index contributed by atoms with van der Waals surface area (Å²) in [5.41, 5.74) is 1.03. The molecular formula is C26H34N2O3. The lowest BCUT2D eigenvalue weighted by molar-refractivity contribution is -0.177. The molecule has 2 saturated heterocycles. The lowest BCUT2D eigenvalue weighted by Crippen LogP contribution is -2.61. The normalized spacial score (nSPS) is 44.8. The van der Waals surface area contributed by atoms with Crippen molar-refractivity contribution in [1.82, 2.24) is 10.6 Å². The van der Waals surface area contributed by atoms with Crippen LogP contribution in [0.15, 0.2) is 30.3 Å². The van der Waals surface area contributed by atoms with E-state index in [1.54, 1.807) is 0 Å². The summed E-state index contributed by atoms with van der Waals surface area (Å²) in [4.78, 5) is 26.2. The monoisotopic (exact) mass is 422 g/mol. The van der Waals surface area contributed by atoms with Crippen LogP contribution < -0.4 is 10.6 Å². The van der Waals surface area contributed by atoms with Crippen molar-refractivity contribution in [2.45, 2.75) is 94.7 Å². The van der Waals surface area contributed by atoms with Crippen LogP contribution >= 0.6 is 0 Å². The number of hydrogen-bond donors (Lipinski definition) is 2. The number of carbonyl (C=O) groups is 2. The second kappa shape index (κ2) is 6.81. The smallest absolute Gasteiger partial charge is 0.376 e. The van der Waals surface area contributed by atoms with E-state index in [0.29, 0.717) is 18.0 Å². The minimum Gasteiger partial charge on any atom is -0.376 e. The fourth-order valence-electron chi connectivity index (χ4n) is 8.83. The van der Waals surface area contributed by atoms with Crippen molar-refractivity contribution >= 4 is 12.1 Å². The van der Waals surface area contributed by atoms with Gasteiger partial charge in [-0.3, -0.25) is 4.79 Å². The molecule has 6 aliphatic rings. The van der Waals surface area contributed by atoms with Crippen LogP contribution in [0.25, 0.3) is 0 Å². The van der Waals surface area contributed by atoms with Gasteiger partial charge in [-0.05, 0) is 86.5 Å². The Morgan fingerprint density at radius 1 is 1.00 bits per heavy atom. The zero-order valence-electron chi connectivity index (χ0n) is 18.5. The molecule has 6 bridgehead atoms. The Labute approximate surface area is 184 Å². The molecule has 2 N–H and O–H groups in total. The molecule has 1 aromatic carbocycles. The van der Waals surface area contributed by atoms with Crippen molar-refractivity contribution in [1.29, 1.82) is 0 Å². The van der Waals surface area contributed by atoms with Gasteiger partial charge in [-0.2, -0.15) is 0 Å². The highest BCUT2D eigenvalue weighted by Crippen LogP contribution is 2.70. The summed E-state index contributed by atoms with van der Waals surface area (Å²) in [7, 11) is 0. The zero-order valence-corrected chi connectivity index (χ0v) is 18.5. The number of fused-ring (bicyclic) bond motifs is 2. The van der Waals surface area contributed by atoms with Gasteiger partial charge < -0.3 is 15.4 Å². The minimum atomic E-state index is -0.536. The third-order valence-corrected chi connectivity index (χ3v) is 9.15. The molecule has 4 saturated carbocycles. The maximum absolute atomic E-state index is 13.5. The van der Waals surface area contributed by atoms with Crippen LogP contribution in [0.4, 0.5) is 4.79 Å². The van der Waals surface area contributed by atoms with Crippen molar-refractivity contribution in [3.8, 4) is 0 Å². The summed E-state index contributed by atoms with van der Waals surface area (Å²) >= 11 is 0.